The molecule has 0 amide bonds. The lowest BCUT2D eigenvalue weighted by atomic mass is 9.67. The van der Waals surface area contributed by atoms with E-state index in [2.05, 4.69) is 38.0 Å². The van der Waals surface area contributed by atoms with Crippen LogP contribution in [0.1, 0.15) is 44.7 Å². The molecule has 1 aliphatic carbocycles. The molecule has 84 valence electrons. The number of thiazole rings is 1. The van der Waals surface area contributed by atoms with Crippen LogP contribution in [0.5, 0.6) is 0 Å². The summed E-state index contributed by atoms with van der Waals surface area (Å²) in [6.07, 6.45) is 2.36. The van der Waals surface area contributed by atoms with Gasteiger partial charge in [0.15, 0.2) is 5.13 Å². The molecule has 0 saturated heterocycles. The van der Waals surface area contributed by atoms with Gasteiger partial charge in [-0.15, -0.1) is 11.3 Å². The number of fused-ring (bicyclic) bond motifs is 1. The highest BCUT2D eigenvalue weighted by atomic mass is 32.1. The summed E-state index contributed by atoms with van der Waals surface area (Å²) in [7, 11) is 1.95. The second-order valence-electron chi connectivity index (χ2n) is 5.95. The van der Waals surface area contributed by atoms with Crippen LogP contribution in [0.4, 0.5) is 5.13 Å². The molecular formula is C12H20N2S. The van der Waals surface area contributed by atoms with Crippen LogP contribution in [0.2, 0.25) is 0 Å². The maximum absolute atomic E-state index is 4.67. The van der Waals surface area contributed by atoms with Crippen molar-refractivity contribution < 1.29 is 0 Å². The summed E-state index contributed by atoms with van der Waals surface area (Å²) in [5.74, 6) is 0. The summed E-state index contributed by atoms with van der Waals surface area (Å²) >= 11 is 1.82. The lowest BCUT2D eigenvalue weighted by Gasteiger charge is -2.39. The molecule has 0 fully saturated rings. The SMILES string of the molecule is CNc1nc2c(s1)C(C)(C)CC(C)(C)C2. The quantitative estimate of drug-likeness (QED) is 0.790. The molecule has 15 heavy (non-hydrogen) atoms. The van der Waals surface area contributed by atoms with Crippen molar-refractivity contribution in [2.24, 2.45) is 5.41 Å². The average Bonchev–Trinajstić information content (AvgIpc) is 2.44. The van der Waals surface area contributed by atoms with Crippen molar-refractivity contribution in [3.8, 4) is 0 Å². The summed E-state index contributed by atoms with van der Waals surface area (Å²) in [5.41, 5.74) is 1.98. The van der Waals surface area contributed by atoms with Gasteiger partial charge in [0, 0.05) is 17.3 Å². The molecule has 0 saturated carbocycles. The van der Waals surface area contributed by atoms with Crippen molar-refractivity contribution in [2.75, 3.05) is 12.4 Å². The third-order valence-electron chi connectivity index (χ3n) is 3.09. The van der Waals surface area contributed by atoms with Gasteiger partial charge >= 0.3 is 0 Å². The van der Waals surface area contributed by atoms with Crippen LogP contribution in [0.3, 0.4) is 0 Å². The Morgan fingerprint density at radius 2 is 1.93 bits per heavy atom. The molecule has 0 aliphatic heterocycles. The molecule has 0 atom stereocenters. The van der Waals surface area contributed by atoms with Crippen molar-refractivity contribution in [3.05, 3.63) is 10.6 Å². The molecule has 1 heterocycles. The van der Waals surface area contributed by atoms with Crippen LogP contribution >= 0.6 is 11.3 Å². The number of hydrogen-bond acceptors (Lipinski definition) is 3. The number of rotatable bonds is 1. The molecule has 0 spiro atoms. The van der Waals surface area contributed by atoms with E-state index < -0.39 is 0 Å². The van der Waals surface area contributed by atoms with E-state index >= 15 is 0 Å². The van der Waals surface area contributed by atoms with Gasteiger partial charge in [0.05, 0.1) is 5.69 Å². The van der Waals surface area contributed by atoms with Gasteiger partial charge in [0.2, 0.25) is 0 Å². The number of hydrogen-bond donors (Lipinski definition) is 1. The van der Waals surface area contributed by atoms with E-state index in [1.165, 1.54) is 17.0 Å². The first kappa shape index (κ1) is 10.9. The molecule has 0 radical (unpaired) electrons. The van der Waals surface area contributed by atoms with Crippen LogP contribution in [0, 0.1) is 5.41 Å². The number of aromatic nitrogens is 1. The van der Waals surface area contributed by atoms with Gasteiger partial charge in [-0.25, -0.2) is 4.98 Å². The Kier molecular flexibility index (Phi) is 2.34. The average molecular weight is 224 g/mol. The Balaban J connectivity index is 2.48. The minimum Gasteiger partial charge on any atom is -0.365 e. The van der Waals surface area contributed by atoms with Gasteiger partial charge in [-0.2, -0.15) is 0 Å². The fourth-order valence-corrected chi connectivity index (χ4v) is 3.94. The normalized spacial score (nSPS) is 22.2. The van der Waals surface area contributed by atoms with Gasteiger partial charge in [-0.3, -0.25) is 0 Å². The molecule has 2 nitrogen and oxygen atoms in total. The number of nitrogens with zero attached hydrogens (tertiary/aromatic N) is 1. The zero-order valence-electron chi connectivity index (χ0n) is 10.3. The third kappa shape index (κ3) is 1.89. The van der Waals surface area contributed by atoms with Crippen LogP contribution < -0.4 is 5.32 Å². The summed E-state index contributed by atoms with van der Waals surface area (Å²) < 4.78 is 0. The Morgan fingerprint density at radius 3 is 2.53 bits per heavy atom. The van der Waals surface area contributed by atoms with Gasteiger partial charge in [-0.1, -0.05) is 27.7 Å². The van der Waals surface area contributed by atoms with Gasteiger partial charge in [0.25, 0.3) is 0 Å². The second kappa shape index (κ2) is 3.21. The van der Waals surface area contributed by atoms with Crippen molar-refractivity contribution in [2.45, 2.75) is 46.0 Å². The maximum atomic E-state index is 4.67. The number of nitrogens with one attached hydrogen (secondary N) is 1. The second-order valence-corrected chi connectivity index (χ2v) is 6.95. The van der Waals surface area contributed by atoms with Crippen molar-refractivity contribution in [1.29, 1.82) is 0 Å². The molecule has 2 rings (SSSR count). The Morgan fingerprint density at radius 1 is 1.27 bits per heavy atom. The topological polar surface area (TPSA) is 24.9 Å². The van der Waals surface area contributed by atoms with E-state index in [9.17, 15) is 0 Å². The van der Waals surface area contributed by atoms with Gasteiger partial charge < -0.3 is 5.32 Å². The summed E-state index contributed by atoms with van der Waals surface area (Å²) in [6.45, 7) is 9.36. The molecule has 1 aromatic heterocycles. The summed E-state index contributed by atoms with van der Waals surface area (Å²) in [4.78, 5) is 6.15. The Labute approximate surface area is 96.1 Å². The van der Waals surface area contributed by atoms with Crippen molar-refractivity contribution in [3.63, 3.8) is 0 Å². The highest BCUT2D eigenvalue weighted by molar-refractivity contribution is 7.15. The summed E-state index contributed by atoms with van der Waals surface area (Å²) in [6, 6.07) is 0. The van der Waals surface area contributed by atoms with Crippen molar-refractivity contribution >= 4 is 16.5 Å². The van der Waals surface area contributed by atoms with E-state index in [1.807, 2.05) is 18.4 Å². The standard InChI is InChI=1S/C12H20N2S/c1-11(2)6-8-9(12(3,4)7-11)15-10(13-5)14-8/h6-7H2,1-5H3,(H,13,14). The smallest absolute Gasteiger partial charge is 0.182 e. The minimum absolute atomic E-state index is 0.282. The maximum Gasteiger partial charge on any atom is 0.182 e. The first-order valence-corrected chi connectivity index (χ1v) is 6.34. The molecule has 1 N–H and O–H groups in total. The van der Waals surface area contributed by atoms with Gasteiger partial charge in [0.1, 0.15) is 0 Å². The monoisotopic (exact) mass is 224 g/mol. The van der Waals surface area contributed by atoms with Crippen LogP contribution in [0.15, 0.2) is 0 Å². The zero-order valence-corrected chi connectivity index (χ0v) is 11.1. The lowest BCUT2D eigenvalue weighted by molar-refractivity contribution is 0.232. The van der Waals surface area contributed by atoms with E-state index in [0.717, 1.165) is 11.6 Å². The molecule has 1 aromatic rings. The zero-order chi connectivity index (χ0) is 11.3. The summed E-state index contributed by atoms with van der Waals surface area (Å²) in [5, 5.41) is 4.22. The molecule has 0 aromatic carbocycles. The number of anilines is 1. The molecule has 0 unspecified atom stereocenters. The fraction of sp³-hybridized carbons (Fsp3) is 0.750. The first-order valence-electron chi connectivity index (χ1n) is 5.52. The Bertz CT molecular complexity index is 377. The van der Waals surface area contributed by atoms with Crippen molar-refractivity contribution in [1.82, 2.24) is 4.98 Å². The van der Waals surface area contributed by atoms with E-state index in [-0.39, 0.29) is 5.41 Å². The van der Waals surface area contributed by atoms with E-state index in [4.69, 9.17) is 0 Å². The Hall–Kier alpha value is -0.570. The molecule has 0 bridgehead atoms. The predicted molar refractivity (Wildman–Crippen MR) is 66.8 cm³/mol. The fourth-order valence-electron chi connectivity index (χ4n) is 2.90. The van der Waals surface area contributed by atoms with E-state index in [0.29, 0.717) is 5.41 Å². The van der Waals surface area contributed by atoms with Crippen LogP contribution in [-0.2, 0) is 11.8 Å². The molecular weight excluding hydrogens is 204 g/mol. The highest BCUT2D eigenvalue weighted by Gasteiger charge is 2.39. The van der Waals surface area contributed by atoms with Gasteiger partial charge in [-0.05, 0) is 18.3 Å². The third-order valence-corrected chi connectivity index (χ3v) is 4.57. The van der Waals surface area contributed by atoms with E-state index in [1.54, 1.807) is 0 Å². The molecule has 1 aliphatic rings. The van der Waals surface area contributed by atoms with Crippen LogP contribution in [0.25, 0.3) is 0 Å². The molecule has 3 heteroatoms. The van der Waals surface area contributed by atoms with Crippen LogP contribution in [-0.4, -0.2) is 12.0 Å². The first-order chi connectivity index (χ1) is 6.84. The highest BCUT2D eigenvalue weighted by Crippen LogP contribution is 2.48. The largest absolute Gasteiger partial charge is 0.365 e. The minimum atomic E-state index is 0.282. The lowest BCUT2D eigenvalue weighted by Crippen LogP contribution is -2.33. The predicted octanol–water partition coefficient (Wildman–Crippen LogP) is 3.43.